The summed E-state index contributed by atoms with van der Waals surface area (Å²) in [6.45, 7) is 8.37. The molecule has 0 saturated carbocycles. The maximum absolute atomic E-state index is 14.2. The highest BCUT2D eigenvalue weighted by Gasteiger charge is 2.16. The first-order valence-corrected chi connectivity index (χ1v) is 7.50. The second-order valence-corrected chi connectivity index (χ2v) is 5.05. The third-order valence-electron chi connectivity index (χ3n) is 3.66. The fraction of sp³-hybridized carbons (Fsp3) is 0.333. The van der Waals surface area contributed by atoms with Crippen LogP contribution in [0.4, 0.5) is 15.8 Å². The highest BCUT2D eigenvalue weighted by Crippen LogP contribution is 2.31. The number of hydrogen-bond donors (Lipinski definition) is 1. The molecule has 2 rings (SSSR count). The lowest BCUT2D eigenvalue weighted by Gasteiger charge is -2.27. The fourth-order valence-electron chi connectivity index (χ4n) is 2.56. The van der Waals surface area contributed by atoms with Crippen molar-refractivity contribution < 1.29 is 4.39 Å². The van der Waals surface area contributed by atoms with E-state index in [9.17, 15) is 4.39 Å². The molecule has 0 aromatic heterocycles. The lowest BCUT2D eigenvalue weighted by Crippen LogP contribution is -2.22. The van der Waals surface area contributed by atoms with Crippen LogP contribution in [-0.4, -0.2) is 13.1 Å². The van der Waals surface area contributed by atoms with Crippen molar-refractivity contribution in [2.24, 2.45) is 0 Å². The summed E-state index contributed by atoms with van der Waals surface area (Å²) in [6.07, 6.45) is 0. The summed E-state index contributed by atoms with van der Waals surface area (Å²) in [5, 5.41) is 3.22. The quantitative estimate of drug-likeness (QED) is 0.846. The SMILES string of the molecule is CCNCc1c(F)cccc1N(CC)c1ccccc1C. The zero-order chi connectivity index (χ0) is 15.2. The van der Waals surface area contributed by atoms with E-state index in [4.69, 9.17) is 0 Å². The summed E-state index contributed by atoms with van der Waals surface area (Å²) < 4.78 is 14.2. The highest BCUT2D eigenvalue weighted by atomic mass is 19.1. The minimum Gasteiger partial charge on any atom is -0.341 e. The van der Waals surface area contributed by atoms with Gasteiger partial charge in [0, 0.05) is 30.0 Å². The van der Waals surface area contributed by atoms with Crippen LogP contribution in [0, 0.1) is 12.7 Å². The van der Waals surface area contributed by atoms with Crippen LogP contribution in [0.25, 0.3) is 0 Å². The Morgan fingerprint density at radius 2 is 1.71 bits per heavy atom. The number of hydrogen-bond acceptors (Lipinski definition) is 2. The molecule has 2 aromatic carbocycles. The minimum atomic E-state index is -0.152. The van der Waals surface area contributed by atoms with Gasteiger partial charge in [-0.05, 0) is 44.2 Å². The molecule has 0 saturated heterocycles. The normalized spacial score (nSPS) is 10.7. The number of halogens is 1. The maximum atomic E-state index is 14.2. The topological polar surface area (TPSA) is 15.3 Å². The molecule has 0 unspecified atom stereocenters. The Bertz CT molecular complexity index is 596. The van der Waals surface area contributed by atoms with E-state index in [0.717, 1.165) is 30.0 Å². The first-order valence-electron chi connectivity index (χ1n) is 7.50. The molecule has 0 aliphatic heterocycles. The zero-order valence-electron chi connectivity index (χ0n) is 13.0. The second-order valence-electron chi connectivity index (χ2n) is 5.05. The molecular formula is C18H23FN2. The number of nitrogens with one attached hydrogen (secondary N) is 1. The molecule has 0 heterocycles. The van der Waals surface area contributed by atoms with E-state index in [1.54, 1.807) is 6.07 Å². The molecule has 0 aliphatic carbocycles. The van der Waals surface area contributed by atoms with Crippen LogP contribution in [0.2, 0.25) is 0 Å². The summed E-state index contributed by atoms with van der Waals surface area (Å²) in [5.74, 6) is -0.152. The van der Waals surface area contributed by atoms with Crippen molar-refractivity contribution >= 4 is 11.4 Å². The van der Waals surface area contributed by atoms with Gasteiger partial charge < -0.3 is 10.2 Å². The third-order valence-corrected chi connectivity index (χ3v) is 3.66. The van der Waals surface area contributed by atoms with Crippen molar-refractivity contribution in [3.8, 4) is 0 Å². The monoisotopic (exact) mass is 286 g/mol. The van der Waals surface area contributed by atoms with Crippen molar-refractivity contribution in [1.29, 1.82) is 0 Å². The molecule has 112 valence electrons. The Morgan fingerprint density at radius 3 is 2.38 bits per heavy atom. The van der Waals surface area contributed by atoms with Gasteiger partial charge in [-0.1, -0.05) is 31.2 Å². The largest absolute Gasteiger partial charge is 0.341 e. The number of anilines is 2. The predicted octanol–water partition coefficient (Wildman–Crippen LogP) is 4.40. The van der Waals surface area contributed by atoms with Gasteiger partial charge in [0.15, 0.2) is 0 Å². The van der Waals surface area contributed by atoms with E-state index in [2.05, 4.69) is 36.2 Å². The standard InChI is InChI=1S/C18H23FN2/c1-4-20-13-15-16(19)10-8-12-18(15)21(5-2)17-11-7-6-9-14(17)3/h6-12,20H,4-5,13H2,1-3H3. The van der Waals surface area contributed by atoms with Gasteiger partial charge in [-0.3, -0.25) is 0 Å². The Labute approximate surface area is 126 Å². The summed E-state index contributed by atoms with van der Waals surface area (Å²) in [7, 11) is 0. The molecule has 21 heavy (non-hydrogen) atoms. The van der Waals surface area contributed by atoms with Crippen molar-refractivity contribution in [1.82, 2.24) is 5.32 Å². The first-order chi connectivity index (χ1) is 10.2. The van der Waals surface area contributed by atoms with Crippen LogP contribution in [0.5, 0.6) is 0 Å². The van der Waals surface area contributed by atoms with E-state index in [1.165, 1.54) is 11.6 Å². The van der Waals surface area contributed by atoms with Crippen LogP contribution in [0.15, 0.2) is 42.5 Å². The van der Waals surface area contributed by atoms with Crippen LogP contribution in [0.3, 0.4) is 0 Å². The molecule has 1 N–H and O–H groups in total. The van der Waals surface area contributed by atoms with E-state index in [0.29, 0.717) is 6.54 Å². The van der Waals surface area contributed by atoms with Crippen molar-refractivity contribution in [2.75, 3.05) is 18.0 Å². The number of aryl methyl sites for hydroxylation is 1. The Kier molecular flexibility index (Phi) is 5.34. The molecule has 2 aromatic rings. The first kappa shape index (κ1) is 15.5. The van der Waals surface area contributed by atoms with E-state index in [1.807, 2.05) is 25.1 Å². The van der Waals surface area contributed by atoms with Crippen LogP contribution in [0.1, 0.15) is 25.0 Å². The Hall–Kier alpha value is -1.87. The van der Waals surface area contributed by atoms with Crippen LogP contribution < -0.4 is 10.2 Å². The maximum Gasteiger partial charge on any atom is 0.129 e. The average molecular weight is 286 g/mol. The van der Waals surface area contributed by atoms with Crippen LogP contribution in [-0.2, 0) is 6.54 Å². The molecule has 0 amide bonds. The average Bonchev–Trinajstić information content (AvgIpc) is 2.49. The fourth-order valence-corrected chi connectivity index (χ4v) is 2.56. The lowest BCUT2D eigenvalue weighted by molar-refractivity contribution is 0.593. The number of benzene rings is 2. The predicted molar refractivity (Wildman–Crippen MR) is 87.6 cm³/mol. The summed E-state index contributed by atoms with van der Waals surface area (Å²) >= 11 is 0. The van der Waals surface area contributed by atoms with E-state index in [-0.39, 0.29) is 5.82 Å². The Morgan fingerprint density at radius 1 is 1.00 bits per heavy atom. The molecule has 0 bridgehead atoms. The summed E-state index contributed by atoms with van der Waals surface area (Å²) in [4.78, 5) is 2.17. The van der Waals surface area contributed by atoms with Gasteiger partial charge in [-0.2, -0.15) is 0 Å². The van der Waals surface area contributed by atoms with Gasteiger partial charge in [0.05, 0.1) is 0 Å². The minimum absolute atomic E-state index is 0.152. The number of para-hydroxylation sites is 1. The molecular weight excluding hydrogens is 263 g/mol. The summed E-state index contributed by atoms with van der Waals surface area (Å²) in [6, 6.07) is 13.5. The number of nitrogens with zero attached hydrogens (tertiary/aromatic N) is 1. The van der Waals surface area contributed by atoms with Gasteiger partial charge in [-0.25, -0.2) is 4.39 Å². The molecule has 2 nitrogen and oxygen atoms in total. The highest BCUT2D eigenvalue weighted by molar-refractivity contribution is 5.69. The lowest BCUT2D eigenvalue weighted by atomic mass is 10.1. The van der Waals surface area contributed by atoms with Gasteiger partial charge in [0.25, 0.3) is 0 Å². The number of rotatable bonds is 6. The van der Waals surface area contributed by atoms with Crippen LogP contribution >= 0.6 is 0 Å². The molecule has 0 aliphatic rings. The Balaban J connectivity index is 2.47. The van der Waals surface area contributed by atoms with Gasteiger partial charge in [0.2, 0.25) is 0 Å². The summed E-state index contributed by atoms with van der Waals surface area (Å²) in [5.41, 5.74) is 3.98. The van der Waals surface area contributed by atoms with Gasteiger partial charge in [0.1, 0.15) is 5.82 Å². The molecule has 3 heteroatoms. The van der Waals surface area contributed by atoms with E-state index < -0.39 is 0 Å². The second kappa shape index (κ2) is 7.23. The van der Waals surface area contributed by atoms with Gasteiger partial charge in [-0.15, -0.1) is 0 Å². The zero-order valence-corrected chi connectivity index (χ0v) is 13.0. The smallest absolute Gasteiger partial charge is 0.129 e. The van der Waals surface area contributed by atoms with E-state index >= 15 is 0 Å². The van der Waals surface area contributed by atoms with Crippen molar-refractivity contribution in [3.63, 3.8) is 0 Å². The van der Waals surface area contributed by atoms with Crippen molar-refractivity contribution in [2.45, 2.75) is 27.3 Å². The molecule has 0 atom stereocenters. The molecule has 0 spiro atoms. The third kappa shape index (κ3) is 3.42. The van der Waals surface area contributed by atoms with Crippen molar-refractivity contribution in [3.05, 3.63) is 59.4 Å². The molecule has 0 radical (unpaired) electrons. The molecule has 0 fully saturated rings. The van der Waals surface area contributed by atoms with Gasteiger partial charge >= 0.3 is 0 Å².